The second-order valence-electron chi connectivity index (χ2n) is 8.42. The molecule has 0 saturated heterocycles. The summed E-state index contributed by atoms with van der Waals surface area (Å²) in [7, 11) is 0. The van der Waals surface area contributed by atoms with Crippen LogP contribution in [0.15, 0.2) is 68.4 Å². The summed E-state index contributed by atoms with van der Waals surface area (Å²) in [6, 6.07) is 12.5. The second kappa shape index (κ2) is 11.1. The van der Waals surface area contributed by atoms with Gasteiger partial charge < -0.3 is 9.47 Å². The van der Waals surface area contributed by atoms with E-state index in [1.807, 2.05) is 44.4 Å². The highest BCUT2D eigenvalue weighted by Gasteiger charge is 2.33. The monoisotopic (exact) mass is 542 g/mol. The Morgan fingerprint density at radius 2 is 1.97 bits per heavy atom. The summed E-state index contributed by atoms with van der Waals surface area (Å²) in [6.07, 6.45) is 3.72. The first-order valence-electron chi connectivity index (χ1n) is 11.5. The third kappa shape index (κ3) is 5.31. The molecular weight excluding hydrogens is 516 g/mol. The number of halogens is 1. The number of benzene rings is 2. The van der Waals surface area contributed by atoms with Gasteiger partial charge in [-0.2, -0.15) is 0 Å². The van der Waals surface area contributed by atoms with E-state index < -0.39 is 12.0 Å². The van der Waals surface area contributed by atoms with Crippen LogP contribution < -0.4 is 19.6 Å². The van der Waals surface area contributed by atoms with Gasteiger partial charge in [0, 0.05) is 15.5 Å². The molecule has 4 rings (SSSR count). The lowest BCUT2D eigenvalue weighted by Gasteiger charge is -2.24. The van der Waals surface area contributed by atoms with Gasteiger partial charge in [0.05, 0.1) is 34.6 Å². The fraction of sp³-hybridized carbons (Fsp3) is 0.296. The molecule has 2 aromatic carbocycles. The standard InChI is InChI=1S/C27H27ClN2O4S2/c1-6-33-26(32)23-16(4)29-27-30(24(23)17-7-10-20(35-5)11-8-17)25(31)22(36-27)14-18-13-19(28)9-12-21(18)34-15(2)3/h7-15,24H,6H2,1-5H3/b22-14+/t24-/m1/s1. The van der Waals surface area contributed by atoms with Gasteiger partial charge in [-0.15, -0.1) is 11.8 Å². The summed E-state index contributed by atoms with van der Waals surface area (Å²) >= 11 is 9.15. The molecule has 3 aromatic rings. The number of thioether (sulfide) groups is 1. The van der Waals surface area contributed by atoms with Gasteiger partial charge in [-0.1, -0.05) is 35.1 Å². The zero-order valence-corrected chi connectivity index (χ0v) is 23.1. The number of esters is 1. The highest BCUT2D eigenvalue weighted by atomic mass is 35.5. The minimum atomic E-state index is -0.649. The highest BCUT2D eigenvalue weighted by Crippen LogP contribution is 2.32. The van der Waals surface area contributed by atoms with Crippen molar-refractivity contribution in [1.82, 2.24) is 4.57 Å². The lowest BCUT2D eigenvalue weighted by molar-refractivity contribution is -0.139. The number of thiazole rings is 1. The molecule has 6 nitrogen and oxygen atoms in total. The number of fused-ring (bicyclic) bond motifs is 1. The highest BCUT2D eigenvalue weighted by molar-refractivity contribution is 7.98. The van der Waals surface area contributed by atoms with Crippen molar-refractivity contribution in [1.29, 1.82) is 0 Å². The van der Waals surface area contributed by atoms with Crippen LogP contribution in [0.25, 0.3) is 6.08 Å². The molecule has 0 aliphatic carbocycles. The number of nitrogens with zero attached hydrogens (tertiary/aromatic N) is 2. The van der Waals surface area contributed by atoms with Crippen LogP contribution in [0, 0.1) is 0 Å². The van der Waals surface area contributed by atoms with Gasteiger partial charge in [0.25, 0.3) is 5.56 Å². The second-order valence-corrected chi connectivity index (χ2v) is 10.7. The molecule has 0 unspecified atom stereocenters. The number of rotatable bonds is 7. The van der Waals surface area contributed by atoms with Crippen molar-refractivity contribution in [2.45, 2.75) is 44.7 Å². The van der Waals surface area contributed by atoms with E-state index in [9.17, 15) is 9.59 Å². The molecule has 0 bridgehead atoms. The van der Waals surface area contributed by atoms with Crippen molar-refractivity contribution in [3.63, 3.8) is 0 Å². The van der Waals surface area contributed by atoms with E-state index in [4.69, 9.17) is 21.1 Å². The number of ether oxygens (including phenoxy) is 2. The van der Waals surface area contributed by atoms with E-state index in [0.717, 1.165) is 10.5 Å². The number of hydrogen-bond donors (Lipinski definition) is 0. The van der Waals surface area contributed by atoms with Crippen LogP contribution in [-0.2, 0) is 9.53 Å². The van der Waals surface area contributed by atoms with Gasteiger partial charge in [-0.25, -0.2) is 9.79 Å². The molecule has 188 valence electrons. The van der Waals surface area contributed by atoms with Crippen LogP contribution in [0.5, 0.6) is 5.75 Å². The Kier molecular flexibility index (Phi) is 8.07. The number of carbonyl (C=O) groups is 1. The first kappa shape index (κ1) is 26.3. The third-order valence-corrected chi connectivity index (χ3v) is 7.53. The lowest BCUT2D eigenvalue weighted by atomic mass is 9.96. The summed E-state index contributed by atoms with van der Waals surface area (Å²) in [6.45, 7) is 7.64. The minimum Gasteiger partial charge on any atom is -0.490 e. The Morgan fingerprint density at radius 1 is 1.25 bits per heavy atom. The molecule has 0 fully saturated rings. The van der Waals surface area contributed by atoms with Gasteiger partial charge in [-0.3, -0.25) is 9.36 Å². The van der Waals surface area contributed by atoms with Gasteiger partial charge >= 0.3 is 5.97 Å². The summed E-state index contributed by atoms with van der Waals surface area (Å²) in [5, 5.41) is 0.539. The van der Waals surface area contributed by atoms with Gasteiger partial charge in [-0.05, 0) is 75.9 Å². The van der Waals surface area contributed by atoms with Crippen LogP contribution in [0.4, 0.5) is 0 Å². The number of hydrogen-bond acceptors (Lipinski definition) is 7. The first-order chi connectivity index (χ1) is 17.2. The van der Waals surface area contributed by atoms with Crippen LogP contribution in [-0.4, -0.2) is 29.5 Å². The minimum absolute atomic E-state index is 0.0430. The predicted molar refractivity (Wildman–Crippen MR) is 146 cm³/mol. The Bertz CT molecular complexity index is 1500. The van der Waals surface area contributed by atoms with E-state index in [1.165, 1.54) is 11.3 Å². The molecule has 0 N–H and O–H groups in total. The Labute approximate surface area is 222 Å². The van der Waals surface area contributed by atoms with Crippen molar-refractivity contribution in [2.24, 2.45) is 4.99 Å². The van der Waals surface area contributed by atoms with Gasteiger partial charge in [0.15, 0.2) is 4.80 Å². The van der Waals surface area contributed by atoms with E-state index >= 15 is 0 Å². The first-order valence-corrected chi connectivity index (χ1v) is 13.9. The Balaban J connectivity index is 1.94. The molecule has 0 saturated carbocycles. The molecule has 0 spiro atoms. The normalized spacial score (nSPS) is 15.6. The molecule has 36 heavy (non-hydrogen) atoms. The van der Waals surface area contributed by atoms with Crippen molar-refractivity contribution < 1.29 is 14.3 Å². The number of aromatic nitrogens is 1. The Hall–Kier alpha value is -2.81. The van der Waals surface area contributed by atoms with Gasteiger partial charge in [0.1, 0.15) is 5.75 Å². The summed E-state index contributed by atoms with van der Waals surface area (Å²) in [5.41, 5.74) is 2.15. The largest absolute Gasteiger partial charge is 0.490 e. The maximum atomic E-state index is 13.8. The van der Waals surface area contributed by atoms with Crippen LogP contribution >= 0.6 is 34.7 Å². The average molecular weight is 543 g/mol. The zero-order valence-electron chi connectivity index (χ0n) is 20.7. The van der Waals surface area contributed by atoms with Crippen molar-refractivity contribution in [3.05, 3.63) is 89.6 Å². The molecule has 1 aliphatic rings. The summed E-state index contributed by atoms with van der Waals surface area (Å²) < 4.78 is 13.3. The topological polar surface area (TPSA) is 69.9 Å². The van der Waals surface area contributed by atoms with Crippen molar-refractivity contribution >= 4 is 46.7 Å². The SMILES string of the molecule is CCOC(=O)C1=C(C)N=c2s/c(=C/c3cc(Cl)ccc3OC(C)C)c(=O)n2[C@@H]1c1ccc(SC)cc1. The molecular formula is C27H27ClN2O4S2. The van der Waals surface area contributed by atoms with Crippen LogP contribution in [0.3, 0.4) is 0 Å². The number of carbonyl (C=O) groups excluding carboxylic acids is 1. The maximum absolute atomic E-state index is 13.8. The smallest absolute Gasteiger partial charge is 0.338 e. The summed E-state index contributed by atoms with van der Waals surface area (Å²) in [4.78, 5) is 33.1. The average Bonchev–Trinajstić information content (AvgIpc) is 3.14. The molecule has 1 aromatic heterocycles. The van der Waals surface area contributed by atoms with Crippen molar-refractivity contribution in [3.8, 4) is 5.75 Å². The molecule has 0 radical (unpaired) electrons. The number of allylic oxidation sites excluding steroid dienone is 1. The quantitative estimate of drug-likeness (QED) is 0.312. The predicted octanol–water partition coefficient (Wildman–Crippen LogP) is 4.96. The molecule has 2 heterocycles. The fourth-order valence-corrected chi connectivity index (χ4v) is 5.65. The van der Waals surface area contributed by atoms with Gasteiger partial charge in [0.2, 0.25) is 0 Å². The zero-order chi connectivity index (χ0) is 26.0. The fourth-order valence-electron chi connectivity index (χ4n) is 4.03. The molecule has 1 aliphatic heterocycles. The molecule has 9 heteroatoms. The lowest BCUT2D eigenvalue weighted by Crippen LogP contribution is -2.39. The Morgan fingerprint density at radius 3 is 2.61 bits per heavy atom. The van der Waals surface area contributed by atoms with Crippen LogP contribution in [0.1, 0.15) is 44.9 Å². The molecule has 1 atom stereocenters. The van der Waals surface area contributed by atoms with E-state index in [-0.39, 0.29) is 18.3 Å². The third-order valence-electron chi connectivity index (χ3n) is 5.57. The maximum Gasteiger partial charge on any atom is 0.338 e. The summed E-state index contributed by atoms with van der Waals surface area (Å²) in [5.74, 6) is 0.155. The van der Waals surface area contributed by atoms with E-state index in [0.29, 0.717) is 36.9 Å². The van der Waals surface area contributed by atoms with E-state index in [1.54, 1.807) is 54.5 Å². The van der Waals surface area contributed by atoms with Crippen LogP contribution in [0.2, 0.25) is 5.02 Å². The molecule has 0 amide bonds. The van der Waals surface area contributed by atoms with Crippen molar-refractivity contribution in [2.75, 3.05) is 12.9 Å². The van der Waals surface area contributed by atoms with E-state index in [2.05, 4.69) is 4.99 Å².